The van der Waals surface area contributed by atoms with Gasteiger partial charge < -0.3 is 4.98 Å². The molecular weight excluding hydrogens is 360 g/mol. The molecule has 5 rings (SSSR count). The minimum Gasteiger partial charge on any atom is -0.358 e. The number of hydrogen-bond acceptors (Lipinski definition) is 2. The molecule has 2 heterocycles. The summed E-state index contributed by atoms with van der Waals surface area (Å²) in [7, 11) is 0. The molecule has 3 heteroatoms. The van der Waals surface area contributed by atoms with Gasteiger partial charge in [-0.2, -0.15) is 0 Å². The molecule has 2 aromatic carbocycles. The van der Waals surface area contributed by atoms with Crippen LogP contribution < -0.4 is 0 Å². The van der Waals surface area contributed by atoms with Crippen molar-refractivity contribution in [2.45, 2.75) is 30.6 Å². The average Bonchev–Trinajstić information content (AvgIpc) is 3.12. The molecule has 1 aliphatic heterocycles. The van der Waals surface area contributed by atoms with E-state index in [1.54, 1.807) is 5.56 Å². The van der Waals surface area contributed by atoms with Gasteiger partial charge in [0.15, 0.2) is 0 Å². The lowest BCUT2D eigenvalue weighted by molar-refractivity contribution is 0.238. The first-order valence-corrected chi connectivity index (χ1v) is 11.7. The maximum Gasteiger partial charge on any atom is 0.0470 e. The van der Waals surface area contributed by atoms with Crippen LogP contribution in [-0.4, -0.2) is 35.8 Å². The minimum atomic E-state index is 0.776. The molecule has 0 saturated heterocycles. The van der Waals surface area contributed by atoms with Gasteiger partial charge in [0, 0.05) is 41.1 Å². The smallest absolute Gasteiger partial charge is 0.0470 e. The van der Waals surface area contributed by atoms with E-state index in [1.165, 1.54) is 71.4 Å². The first kappa shape index (κ1) is 18.1. The number of rotatable bonds is 4. The molecule has 2 aliphatic rings. The van der Waals surface area contributed by atoms with Gasteiger partial charge in [-0.25, -0.2) is 0 Å². The lowest BCUT2D eigenvalue weighted by atomic mass is 9.85. The van der Waals surface area contributed by atoms with E-state index >= 15 is 0 Å². The molecule has 3 aromatic rings. The molecule has 2 nitrogen and oxygen atoms in total. The fraction of sp³-hybridized carbons (Fsp3) is 0.360. The van der Waals surface area contributed by atoms with Gasteiger partial charge in [0.25, 0.3) is 0 Å². The van der Waals surface area contributed by atoms with Crippen LogP contribution in [0.1, 0.15) is 29.7 Å². The van der Waals surface area contributed by atoms with Crippen molar-refractivity contribution < 1.29 is 0 Å². The van der Waals surface area contributed by atoms with Crippen molar-refractivity contribution in [1.82, 2.24) is 9.88 Å². The van der Waals surface area contributed by atoms with Crippen molar-refractivity contribution >= 4 is 28.2 Å². The molecule has 0 saturated carbocycles. The number of aromatic amines is 1. The van der Waals surface area contributed by atoms with Crippen LogP contribution in [-0.2, 0) is 12.8 Å². The van der Waals surface area contributed by atoms with Crippen molar-refractivity contribution in [3.05, 3.63) is 71.4 Å². The summed E-state index contributed by atoms with van der Waals surface area (Å²) in [6, 6.07) is 17.8. The van der Waals surface area contributed by atoms with Crippen LogP contribution in [0.4, 0.5) is 0 Å². The van der Waals surface area contributed by atoms with Crippen molar-refractivity contribution in [2.75, 3.05) is 25.9 Å². The predicted octanol–water partition coefficient (Wildman–Crippen LogP) is 5.78. The summed E-state index contributed by atoms with van der Waals surface area (Å²) in [5.41, 5.74) is 7.30. The second-order valence-electron chi connectivity index (χ2n) is 8.21. The van der Waals surface area contributed by atoms with E-state index in [-0.39, 0.29) is 0 Å². The maximum absolute atomic E-state index is 3.70. The third-order valence-electron chi connectivity index (χ3n) is 6.45. The fourth-order valence-electron chi connectivity index (χ4n) is 4.92. The predicted molar refractivity (Wildman–Crippen MR) is 121 cm³/mol. The van der Waals surface area contributed by atoms with Gasteiger partial charge in [-0.3, -0.25) is 4.90 Å². The van der Waals surface area contributed by atoms with Crippen LogP contribution in [0.3, 0.4) is 0 Å². The van der Waals surface area contributed by atoms with E-state index in [4.69, 9.17) is 0 Å². The van der Waals surface area contributed by atoms with E-state index in [0.717, 1.165) is 12.5 Å². The van der Waals surface area contributed by atoms with Gasteiger partial charge in [-0.05, 0) is 66.7 Å². The first-order chi connectivity index (χ1) is 13.8. The van der Waals surface area contributed by atoms with E-state index < -0.39 is 0 Å². The third-order valence-corrected chi connectivity index (χ3v) is 7.18. The van der Waals surface area contributed by atoms with Gasteiger partial charge in [-0.15, -0.1) is 11.8 Å². The third kappa shape index (κ3) is 3.54. The normalized spacial score (nSPS) is 20.2. The molecule has 1 N–H and O–H groups in total. The van der Waals surface area contributed by atoms with Gasteiger partial charge >= 0.3 is 0 Å². The molecule has 1 aromatic heterocycles. The highest BCUT2D eigenvalue weighted by Gasteiger charge is 2.25. The van der Waals surface area contributed by atoms with Gasteiger partial charge in [0.2, 0.25) is 0 Å². The Kier molecular flexibility index (Phi) is 5.04. The molecule has 0 fully saturated rings. The summed E-state index contributed by atoms with van der Waals surface area (Å²) in [5.74, 6) is 0.776. The summed E-state index contributed by atoms with van der Waals surface area (Å²) in [6.45, 7) is 3.52. The first-order valence-electron chi connectivity index (χ1n) is 10.4. The highest BCUT2D eigenvalue weighted by atomic mass is 32.2. The highest BCUT2D eigenvalue weighted by molar-refractivity contribution is 7.98. The second-order valence-corrected chi connectivity index (χ2v) is 9.09. The Bertz CT molecular complexity index is 1000. The Morgan fingerprint density at radius 2 is 2.00 bits per heavy atom. The Labute approximate surface area is 172 Å². The number of fused-ring (bicyclic) bond motifs is 3. The second kappa shape index (κ2) is 7.81. The SMILES string of the molecule is CSc1ccc2c3c([nH]c2c1)CCC(CN1CC=C(c2ccccc2)CC1)C3. The van der Waals surface area contributed by atoms with E-state index in [2.05, 4.69) is 70.7 Å². The highest BCUT2D eigenvalue weighted by Crippen LogP contribution is 2.34. The summed E-state index contributed by atoms with van der Waals surface area (Å²) in [6.07, 6.45) is 9.49. The largest absolute Gasteiger partial charge is 0.358 e. The quantitative estimate of drug-likeness (QED) is 0.571. The molecule has 1 atom stereocenters. The summed E-state index contributed by atoms with van der Waals surface area (Å²) < 4.78 is 0. The number of aromatic nitrogens is 1. The van der Waals surface area contributed by atoms with E-state index in [9.17, 15) is 0 Å². The molecule has 0 amide bonds. The Hall–Kier alpha value is -1.97. The molecule has 1 unspecified atom stereocenters. The van der Waals surface area contributed by atoms with E-state index in [0.29, 0.717) is 0 Å². The average molecular weight is 389 g/mol. The lowest BCUT2D eigenvalue weighted by Crippen LogP contribution is -2.35. The topological polar surface area (TPSA) is 19.0 Å². The number of hydrogen-bond donors (Lipinski definition) is 1. The van der Waals surface area contributed by atoms with Gasteiger partial charge in [0.05, 0.1) is 0 Å². The number of H-pyrrole nitrogens is 1. The number of benzene rings is 2. The van der Waals surface area contributed by atoms with Gasteiger partial charge in [0.1, 0.15) is 0 Å². The van der Waals surface area contributed by atoms with Gasteiger partial charge in [-0.1, -0.05) is 42.5 Å². The van der Waals surface area contributed by atoms with Crippen LogP contribution in [0.5, 0.6) is 0 Å². The Morgan fingerprint density at radius 3 is 2.79 bits per heavy atom. The number of aryl methyl sites for hydroxylation is 1. The van der Waals surface area contributed by atoms with Crippen molar-refractivity contribution in [3.8, 4) is 0 Å². The van der Waals surface area contributed by atoms with Crippen molar-refractivity contribution in [2.24, 2.45) is 5.92 Å². The summed E-state index contributed by atoms with van der Waals surface area (Å²) >= 11 is 1.82. The van der Waals surface area contributed by atoms with Crippen molar-refractivity contribution in [1.29, 1.82) is 0 Å². The zero-order chi connectivity index (χ0) is 18.9. The zero-order valence-corrected chi connectivity index (χ0v) is 17.4. The molecule has 0 radical (unpaired) electrons. The molecule has 0 spiro atoms. The number of nitrogens with zero attached hydrogens (tertiary/aromatic N) is 1. The summed E-state index contributed by atoms with van der Waals surface area (Å²) in [5, 5.41) is 1.45. The van der Waals surface area contributed by atoms with Crippen molar-refractivity contribution in [3.63, 3.8) is 0 Å². The lowest BCUT2D eigenvalue weighted by Gasteiger charge is -2.32. The number of thioether (sulfide) groups is 1. The van der Waals surface area contributed by atoms with Crippen LogP contribution in [0.25, 0.3) is 16.5 Å². The molecular formula is C25H28N2S. The molecule has 28 heavy (non-hydrogen) atoms. The Balaban J connectivity index is 1.27. The molecule has 1 aliphatic carbocycles. The summed E-state index contributed by atoms with van der Waals surface area (Å²) in [4.78, 5) is 7.70. The zero-order valence-electron chi connectivity index (χ0n) is 16.6. The van der Waals surface area contributed by atoms with Crippen LogP contribution in [0.15, 0.2) is 59.5 Å². The van der Waals surface area contributed by atoms with Crippen LogP contribution in [0.2, 0.25) is 0 Å². The van der Waals surface area contributed by atoms with E-state index in [1.807, 2.05) is 11.8 Å². The fourth-order valence-corrected chi connectivity index (χ4v) is 5.36. The van der Waals surface area contributed by atoms with Crippen LogP contribution >= 0.6 is 11.8 Å². The number of nitrogens with one attached hydrogen (secondary N) is 1. The minimum absolute atomic E-state index is 0.776. The maximum atomic E-state index is 3.70. The molecule has 144 valence electrons. The van der Waals surface area contributed by atoms with Crippen LogP contribution in [0, 0.1) is 5.92 Å². The Morgan fingerprint density at radius 1 is 1.11 bits per heavy atom. The standard InChI is InChI=1S/C25H28N2S/c1-28-21-8-9-22-23-15-18(7-10-24(23)26-25(22)16-21)17-27-13-11-20(12-14-27)19-5-3-2-4-6-19/h2-6,8-9,11,16,18,26H,7,10,12-15,17H2,1H3. The monoisotopic (exact) mass is 388 g/mol. The molecule has 0 bridgehead atoms.